The van der Waals surface area contributed by atoms with Crippen molar-refractivity contribution in [2.45, 2.75) is 13.8 Å². The summed E-state index contributed by atoms with van der Waals surface area (Å²) in [5, 5.41) is 11.4. The van der Waals surface area contributed by atoms with E-state index in [1.54, 1.807) is 23.1 Å². The van der Waals surface area contributed by atoms with E-state index in [9.17, 15) is 14.0 Å². The number of nitrogens with zero attached hydrogens (tertiary/aromatic N) is 2. The summed E-state index contributed by atoms with van der Waals surface area (Å²) < 4.78 is 25.4. The number of rotatable bonds is 7. The predicted octanol–water partition coefficient (Wildman–Crippen LogP) is 4.85. The topological polar surface area (TPSA) is 105 Å². The lowest BCUT2D eigenvalue weighted by molar-refractivity contribution is 0.0680. The Labute approximate surface area is 219 Å². The predicted molar refractivity (Wildman–Crippen MR) is 141 cm³/mol. The van der Waals surface area contributed by atoms with Gasteiger partial charge < -0.3 is 19.7 Å². The molecule has 1 aliphatic heterocycles. The SMILES string of the molecule is C.COc1ccc(NC(=O)c2ccc(C(=N)N3CCOCC3)cc2F)c(C(=O)Cc2ccc(Cl)cn2)c1. The first kappa shape index (κ1) is 27.8. The quantitative estimate of drug-likeness (QED) is 0.259. The summed E-state index contributed by atoms with van der Waals surface area (Å²) in [5.41, 5.74) is 1.08. The number of hydrogen-bond donors (Lipinski definition) is 2. The van der Waals surface area contributed by atoms with E-state index in [4.69, 9.17) is 26.5 Å². The van der Waals surface area contributed by atoms with Crippen LogP contribution in [0.4, 0.5) is 10.1 Å². The molecule has 10 heteroatoms. The molecule has 1 saturated heterocycles. The fourth-order valence-electron chi connectivity index (χ4n) is 3.77. The molecule has 0 saturated carbocycles. The number of aromatic nitrogens is 1. The van der Waals surface area contributed by atoms with Crippen LogP contribution >= 0.6 is 11.6 Å². The Morgan fingerprint density at radius 3 is 2.54 bits per heavy atom. The Kier molecular flexibility index (Phi) is 9.32. The van der Waals surface area contributed by atoms with Crippen molar-refractivity contribution in [3.05, 3.63) is 88.0 Å². The number of nitrogens with one attached hydrogen (secondary N) is 2. The average molecular weight is 527 g/mol. The molecule has 0 unspecified atom stereocenters. The molecule has 1 fully saturated rings. The zero-order valence-electron chi connectivity index (χ0n) is 19.5. The van der Waals surface area contributed by atoms with Gasteiger partial charge in [0.2, 0.25) is 0 Å². The molecule has 1 aliphatic rings. The van der Waals surface area contributed by atoms with Crippen LogP contribution in [0.15, 0.2) is 54.7 Å². The number of anilines is 1. The Morgan fingerprint density at radius 2 is 1.89 bits per heavy atom. The number of halogens is 2. The number of carbonyl (C=O) groups is 2. The third kappa shape index (κ3) is 6.69. The fourth-order valence-corrected chi connectivity index (χ4v) is 3.88. The van der Waals surface area contributed by atoms with Crippen molar-refractivity contribution in [2.24, 2.45) is 0 Å². The number of amides is 1. The lowest BCUT2D eigenvalue weighted by Gasteiger charge is -2.29. The summed E-state index contributed by atoms with van der Waals surface area (Å²) in [6, 6.07) is 11.9. The highest BCUT2D eigenvalue weighted by Crippen LogP contribution is 2.25. The molecule has 0 aliphatic carbocycles. The van der Waals surface area contributed by atoms with Crippen LogP contribution in [0.3, 0.4) is 0 Å². The van der Waals surface area contributed by atoms with Gasteiger partial charge in [0.05, 0.1) is 43.0 Å². The minimum Gasteiger partial charge on any atom is -0.497 e. The van der Waals surface area contributed by atoms with Crippen LogP contribution in [-0.2, 0) is 11.2 Å². The molecular formula is C27H28ClFN4O4. The zero-order valence-corrected chi connectivity index (χ0v) is 20.3. The second-order valence-electron chi connectivity index (χ2n) is 8.08. The fraction of sp³-hybridized carbons (Fsp3) is 0.259. The molecule has 194 valence electrons. The summed E-state index contributed by atoms with van der Waals surface area (Å²) in [6.45, 7) is 2.09. The van der Waals surface area contributed by atoms with Gasteiger partial charge in [-0.3, -0.25) is 20.0 Å². The van der Waals surface area contributed by atoms with Crippen LogP contribution in [0.25, 0.3) is 0 Å². The number of morpholine rings is 1. The van der Waals surface area contributed by atoms with Crippen LogP contribution in [0, 0.1) is 11.2 Å². The summed E-state index contributed by atoms with van der Waals surface area (Å²) in [7, 11) is 1.47. The van der Waals surface area contributed by atoms with E-state index in [0.29, 0.717) is 48.3 Å². The minimum absolute atomic E-state index is 0. The van der Waals surface area contributed by atoms with Crippen LogP contribution in [0.5, 0.6) is 5.75 Å². The second-order valence-corrected chi connectivity index (χ2v) is 8.51. The highest BCUT2D eigenvalue weighted by molar-refractivity contribution is 6.30. The first-order chi connectivity index (χ1) is 17.4. The van der Waals surface area contributed by atoms with Gasteiger partial charge >= 0.3 is 0 Å². The van der Waals surface area contributed by atoms with Crippen LogP contribution < -0.4 is 10.1 Å². The van der Waals surface area contributed by atoms with E-state index in [1.807, 2.05) is 0 Å². The third-order valence-electron chi connectivity index (χ3n) is 5.72. The largest absolute Gasteiger partial charge is 0.497 e. The Morgan fingerprint density at radius 1 is 1.14 bits per heavy atom. The van der Waals surface area contributed by atoms with Crippen LogP contribution in [0.2, 0.25) is 5.02 Å². The molecule has 0 spiro atoms. The molecule has 3 aromatic rings. The van der Waals surface area contributed by atoms with Crippen molar-refractivity contribution in [1.29, 1.82) is 5.41 Å². The highest BCUT2D eigenvalue weighted by Gasteiger charge is 2.21. The minimum atomic E-state index is -0.769. The molecule has 0 atom stereocenters. The van der Waals surface area contributed by atoms with Gasteiger partial charge in [0, 0.05) is 36.1 Å². The summed E-state index contributed by atoms with van der Waals surface area (Å²) in [6.07, 6.45) is 1.42. The maximum Gasteiger partial charge on any atom is 0.258 e. The third-order valence-corrected chi connectivity index (χ3v) is 5.94. The molecule has 37 heavy (non-hydrogen) atoms. The van der Waals surface area contributed by atoms with Gasteiger partial charge in [-0.25, -0.2) is 4.39 Å². The molecule has 2 heterocycles. The number of methoxy groups -OCH3 is 1. The van der Waals surface area contributed by atoms with E-state index >= 15 is 0 Å². The summed E-state index contributed by atoms with van der Waals surface area (Å²) in [5.74, 6) is -1.20. The van der Waals surface area contributed by atoms with Gasteiger partial charge in [0.1, 0.15) is 17.4 Å². The maximum absolute atomic E-state index is 14.9. The van der Waals surface area contributed by atoms with Crippen molar-refractivity contribution in [2.75, 3.05) is 38.7 Å². The van der Waals surface area contributed by atoms with Gasteiger partial charge in [-0.2, -0.15) is 0 Å². The first-order valence-corrected chi connectivity index (χ1v) is 11.6. The molecule has 1 amide bonds. The van der Waals surface area contributed by atoms with E-state index in [2.05, 4.69) is 10.3 Å². The maximum atomic E-state index is 14.9. The van der Waals surface area contributed by atoms with Crippen molar-refractivity contribution >= 4 is 34.8 Å². The molecule has 8 nitrogen and oxygen atoms in total. The number of carbonyl (C=O) groups excluding carboxylic acids is 2. The average Bonchev–Trinajstić information content (AvgIpc) is 2.90. The monoisotopic (exact) mass is 526 g/mol. The molecule has 1 aromatic heterocycles. The van der Waals surface area contributed by atoms with Gasteiger partial charge in [-0.15, -0.1) is 0 Å². The number of Topliss-reactive ketones (excluding diaryl/α,β-unsaturated/α-hetero) is 1. The normalized spacial score (nSPS) is 12.9. The van der Waals surface area contributed by atoms with Crippen molar-refractivity contribution in [3.63, 3.8) is 0 Å². The van der Waals surface area contributed by atoms with E-state index in [0.717, 1.165) is 0 Å². The Hall–Kier alpha value is -3.82. The number of ether oxygens (including phenoxy) is 2. The number of hydrogen-bond acceptors (Lipinski definition) is 6. The second kappa shape index (κ2) is 12.4. The van der Waals surface area contributed by atoms with Gasteiger partial charge in [0.25, 0.3) is 5.91 Å². The first-order valence-electron chi connectivity index (χ1n) is 11.2. The molecule has 0 radical (unpaired) electrons. The number of amidine groups is 1. The van der Waals surface area contributed by atoms with E-state index in [-0.39, 0.29) is 42.3 Å². The molecule has 0 bridgehead atoms. The standard InChI is InChI=1S/C26H24ClFN4O4.CH4/c1-35-19-5-7-23(21(14-19)24(33)13-18-4-3-17(27)15-30-18)31-26(34)20-6-2-16(12-22(20)28)25(29)32-8-10-36-11-9-32;/h2-7,12,14-15,29H,8-11,13H2,1H3,(H,31,34);1H4. The molecule has 2 N–H and O–H groups in total. The van der Waals surface area contributed by atoms with Gasteiger partial charge in [0.15, 0.2) is 5.78 Å². The van der Waals surface area contributed by atoms with Crippen LogP contribution in [-0.4, -0.2) is 60.8 Å². The van der Waals surface area contributed by atoms with E-state index in [1.165, 1.54) is 43.6 Å². The van der Waals surface area contributed by atoms with Crippen LogP contribution in [0.1, 0.15) is 39.4 Å². The summed E-state index contributed by atoms with van der Waals surface area (Å²) >= 11 is 5.86. The number of ketones is 1. The molecule has 2 aromatic carbocycles. The van der Waals surface area contributed by atoms with Crippen molar-refractivity contribution in [1.82, 2.24) is 9.88 Å². The number of pyridine rings is 1. The lowest BCUT2D eigenvalue weighted by Crippen LogP contribution is -2.40. The molecule has 4 rings (SSSR count). The van der Waals surface area contributed by atoms with Gasteiger partial charge in [-0.1, -0.05) is 25.1 Å². The van der Waals surface area contributed by atoms with Crippen molar-refractivity contribution in [3.8, 4) is 5.75 Å². The van der Waals surface area contributed by atoms with Crippen molar-refractivity contribution < 1.29 is 23.5 Å². The Bertz CT molecular complexity index is 1290. The van der Waals surface area contributed by atoms with Gasteiger partial charge in [-0.05, 0) is 42.5 Å². The highest BCUT2D eigenvalue weighted by atomic mass is 35.5. The molecular weight excluding hydrogens is 499 g/mol. The zero-order chi connectivity index (χ0) is 25.7. The van der Waals surface area contributed by atoms with E-state index < -0.39 is 11.7 Å². The smallest absolute Gasteiger partial charge is 0.258 e. The number of benzene rings is 2. The Balaban J connectivity index is 0.00000380. The lowest BCUT2D eigenvalue weighted by atomic mass is 10.0. The summed E-state index contributed by atoms with van der Waals surface area (Å²) in [4.78, 5) is 31.9.